The van der Waals surface area contributed by atoms with Gasteiger partial charge in [0, 0.05) is 52.9 Å². The molecule has 1 heterocycles. The van der Waals surface area contributed by atoms with Crippen LogP contribution < -0.4 is 0 Å². The Balaban J connectivity index is 1.63. The van der Waals surface area contributed by atoms with Crippen molar-refractivity contribution in [2.45, 2.75) is 45.9 Å². The monoisotopic (exact) mass is 553 g/mol. The Labute approximate surface area is 241 Å². The van der Waals surface area contributed by atoms with Crippen molar-refractivity contribution in [3.05, 3.63) is 136 Å². The second kappa shape index (κ2) is 13.1. The van der Waals surface area contributed by atoms with Gasteiger partial charge in [-0.3, -0.25) is 4.90 Å². The number of hydrogen-bond donors (Lipinski definition) is 0. The molecule has 0 spiro atoms. The first-order valence-electron chi connectivity index (χ1n) is 13.5. The summed E-state index contributed by atoms with van der Waals surface area (Å²) in [4.78, 5) is 7.71. The molecule has 0 saturated carbocycles. The molecule has 198 valence electrons. The number of imidazole rings is 1. The van der Waals surface area contributed by atoms with Crippen molar-refractivity contribution in [3.8, 4) is 22.6 Å². The van der Waals surface area contributed by atoms with E-state index < -0.39 is 0 Å². The summed E-state index contributed by atoms with van der Waals surface area (Å²) in [5.74, 6) is 1.01. The summed E-state index contributed by atoms with van der Waals surface area (Å²) in [6, 6.07) is 37.3. The highest BCUT2D eigenvalue weighted by Crippen LogP contribution is 2.33. The molecule has 39 heavy (non-hydrogen) atoms. The van der Waals surface area contributed by atoms with E-state index in [1.54, 1.807) is 0 Å². The summed E-state index contributed by atoms with van der Waals surface area (Å²) >= 11 is 13.3. The Morgan fingerprint density at radius 1 is 0.667 bits per heavy atom. The van der Waals surface area contributed by atoms with Crippen molar-refractivity contribution >= 4 is 23.2 Å². The van der Waals surface area contributed by atoms with Crippen molar-refractivity contribution in [2.24, 2.45) is 0 Å². The first-order chi connectivity index (χ1) is 19.1. The maximum absolute atomic E-state index is 6.66. The maximum Gasteiger partial charge on any atom is 0.140 e. The minimum absolute atomic E-state index is 0.626. The van der Waals surface area contributed by atoms with Crippen LogP contribution in [0, 0.1) is 0 Å². The molecule has 5 heteroatoms. The number of benzene rings is 4. The second-order valence-electron chi connectivity index (χ2n) is 9.80. The van der Waals surface area contributed by atoms with E-state index in [0.29, 0.717) is 23.1 Å². The molecule has 0 aliphatic rings. The van der Waals surface area contributed by atoms with Crippen LogP contribution in [-0.4, -0.2) is 14.5 Å². The van der Waals surface area contributed by atoms with Crippen LogP contribution in [0.2, 0.25) is 10.0 Å². The van der Waals surface area contributed by atoms with Crippen LogP contribution in [0.3, 0.4) is 0 Å². The highest BCUT2D eigenvalue weighted by atomic mass is 35.5. The van der Waals surface area contributed by atoms with Gasteiger partial charge in [0.1, 0.15) is 5.82 Å². The van der Waals surface area contributed by atoms with Crippen molar-refractivity contribution in [1.29, 1.82) is 0 Å². The van der Waals surface area contributed by atoms with Crippen LogP contribution in [0.1, 0.15) is 36.6 Å². The highest BCUT2D eigenvalue weighted by Gasteiger charge is 2.23. The van der Waals surface area contributed by atoms with Crippen LogP contribution in [0.25, 0.3) is 22.6 Å². The van der Waals surface area contributed by atoms with Crippen LogP contribution >= 0.6 is 23.2 Å². The lowest BCUT2D eigenvalue weighted by Crippen LogP contribution is -2.25. The van der Waals surface area contributed by atoms with Gasteiger partial charge in [-0.2, -0.15) is 0 Å². The Morgan fingerprint density at radius 3 is 1.87 bits per heavy atom. The van der Waals surface area contributed by atoms with Crippen LogP contribution in [-0.2, 0) is 26.2 Å². The Kier molecular flexibility index (Phi) is 9.15. The molecule has 0 saturated heterocycles. The number of halogens is 2. The van der Waals surface area contributed by atoms with Gasteiger partial charge in [0.25, 0.3) is 0 Å². The molecule has 0 unspecified atom stereocenters. The molecule has 5 aromatic rings. The Morgan fingerprint density at radius 2 is 1.26 bits per heavy atom. The number of rotatable bonds is 11. The third-order valence-electron chi connectivity index (χ3n) is 6.95. The molecule has 0 amide bonds. The fourth-order valence-corrected chi connectivity index (χ4v) is 5.48. The predicted molar refractivity (Wildman–Crippen MR) is 164 cm³/mol. The van der Waals surface area contributed by atoms with Crippen LogP contribution in [0.4, 0.5) is 0 Å². The van der Waals surface area contributed by atoms with E-state index in [2.05, 4.69) is 107 Å². The van der Waals surface area contributed by atoms with Gasteiger partial charge in [0.15, 0.2) is 0 Å². The van der Waals surface area contributed by atoms with Gasteiger partial charge in [-0.25, -0.2) is 4.98 Å². The first-order valence-corrected chi connectivity index (χ1v) is 14.3. The molecule has 0 aliphatic carbocycles. The lowest BCUT2D eigenvalue weighted by atomic mass is 10.1. The number of aromatic nitrogens is 2. The predicted octanol–water partition coefficient (Wildman–Crippen LogP) is 9.53. The third kappa shape index (κ3) is 6.62. The molecule has 1 aromatic heterocycles. The Bertz CT molecular complexity index is 1460. The molecule has 5 rings (SSSR count). The summed E-state index contributed by atoms with van der Waals surface area (Å²) in [6.45, 7) is 5.22. The van der Waals surface area contributed by atoms with Gasteiger partial charge in [0.2, 0.25) is 0 Å². The van der Waals surface area contributed by atoms with Gasteiger partial charge in [-0.05, 0) is 24.1 Å². The van der Waals surface area contributed by atoms with Crippen LogP contribution in [0.15, 0.2) is 109 Å². The smallest absolute Gasteiger partial charge is 0.140 e. The molecule has 0 aliphatic heterocycles. The van der Waals surface area contributed by atoms with Gasteiger partial charge in [0.05, 0.1) is 11.4 Å². The minimum Gasteiger partial charge on any atom is -0.326 e. The van der Waals surface area contributed by atoms with Crippen molar-refractivity contribution in [3.63, 3.8) is 0 Å². The van der Waals surface area contributed by atoms with Crippen LogP contribution in [0.5, 0.6) is 0 Å². The van der Waals surface area contributed by atoms with E-state index in [1.807, 2.05) is 18.2 Å². The largest absolute Gasteiger partial charge is 0.326 e. The first kappa shape index (κ1) is 27.2. The standard InChI is InChI=1S/C34H33Cl2N3/c1-2-3-22-39-32(33(27-16-9-5-10-17-27)37-34(39)28-18-11-6-12-19-28)25-38(23-26-14-7-4-8-15-26)24-29-30(35)20-13-21-31(29)36/h4-21H,2-3,22-25H2,1H3. The van der Waals surface area contributed by atoms with Gasteiger partial charge in [-0.15, -0.1) is 0 Å². The molecule has 4 aromatic carbocycles. The number of nitrogens with zero attached hydrogens (tertiary/aromatic N) is 3. The fraction of sp³-hybridized carbons (Fsp3) is 0.206. The van der Waals surface area contributed by atoms with E-state index in [0.717, 1.165) is 54.1 Å². The lowest BCUT2D eigenvalue weighted by Gasteiger charge is -2.25. The summed E-state index contributed by atoms with van der Waals surface area (Å²) in [7, 11) is 0. The normalized spacial score (nSPS) is 11.3. The Hall–Kier alpha value is -3.37. The van der Waals surface area contributed by atoms with Crippen molar-refractivity contribution in [1.82, 2.24) is 14.5 Å². The van der Waals surface area contributed by atoms with E-state index in [4.69, 9.17) is 28.2 Å². The second-order valence-corrected chi connectivity index (χ2v) is 10.6. The molecule has 3 nitrogen and oxygen atoms in total. The number of hydrogen-bond acceptors (Lipinski definition) is 2. The average Bonchev–Trinajstić information content (AvgIpc) is 3.33. The summed E-state index contributed by atoms with van der Waals surface area (Å²) < 4.78 is 2.42. The SMILES string of the molecule is CCCCn1c(-c2ccccc2)nc(-c2ccccc2)c1CN(Cc1ccccc1)Cc1c(Cl)cccc1Cl. The topological polar surface area (TPSA) is 21.1 Å². The van der Waals surface area contributed by atoms with E-state index >= 15 is 0 Å². The molecular formula is C34H33Cl2N3. The fourth-order valence-electron chi connectivity index (χ4n) is 4.97. The average molecular weight is 555 g/mol. The molecule has 0 atom stereocenters. The molecular weight excluding hydrogens is 521 g/mol. The lowest BCUT2D eigenvalue weighted by molar-refractivity contribution is 0.241. The number of unbranched alkanes of at least 4 members (excludes halogenated alkanes) is 1. The van der Waals surface area contributed by atoms with Crippen molar-refractivity contribution in [2.75, 3.05) is 0 Å². The van der Waals surface area contributed by atoms with Gasteiger partial charge >= 0.3 is 0 Å². The molecule has 0 N–H and O–H groups in total. The minimum atomic E-state index is 0.626. The summed E-state index contributed by atoms with van der Waals surface area (Å²) in [5, 5.41) is 1.38. The third-order valence-corrected chi connectivity index (χ3v) is 7.66. The van der Waals surface area contributed by atoms with E-state index in [-0.39, 0.29) is 0 Å². The quantitative estimate of drug-likeness (QED) is 0.162. The zero-order chi connectivity index (χ0) is 27.0. The van der Waals surface area contributed by atoms with E-state index in [1.165, 1.54) is 11.3 Å². The molecule has 0 radical (unpaired) electrons. The highest BCUT2D eigenvalue weighted by molar-refractivity contribution is 6.35. The zero-order valence-corrected chi connectivity index (χ0v) is 23.7. The maximum atomic E-state index is 6.66. The van der Waals surface area contributed by atoms with Crippen molar-refractivity contribution < 1.29 is 0 Å². The zero-order valence-electron chi connectivity index (χ0n) is 22.2. The summed E-state index contributed by atoms with van der Waals surface area (Å²) in [6.07, 6.45) is 2.18. The van der Waals surface area contributed by atoms with Gasteiger partial charge in [-0.1, -0.05) is 134 Å². The van der Waals surface area contributed by atoms with Gasteiger partial charge < -0.3 is 4.57 Å². The summed E-state index contributed by atoms with van der Waals surface area (Å²) in [5.41, 5.74) is 6.66. The van der Waals surface area contributed by atoms with E-state index in [9.17, 15) is 0 Å². The molecule has 0 fully saturated rings. The molecule has 0 bridgehead atoms.